The van der Waals surface area contributed by atoms with Crippen LogP contribution in [0.4, 0.5) is 5.69 Å². The van der Waals surface area contributed by atoms with E-state index < -0.39 is 0 Å². The van der Waals surface area contributed by atoms with Crippen molar-refractivity contribution in [2.24, 2.45) is 5.41 Å². The van der Waals surface area contributed by atoms with E-state index in [2.05, 4.69) is 20.8 Å². The lowest BCUT2D eigenvalue weighted by molar-refractivity contribution is -0.384. The first kappa shape index (κ1) is 14.7. The highest BCUT2D eigenvalue weighted by Crippen LogP contribution is 2.27. The number of nitro groups is 1. The largest absolute Gasteiger partial charge is 0.269 e. The van der Waals surface area contributed by atoms with E-state index in [1.807, 2.05) is 12.1 Å². The van der Waals surface area contributed by atoms with E-state index in [-0.39, 0.29) is 10.6 Å². The number of benzene rings is 1. The molecule has 100 valence electrons. The van der Waals surface area contributed by atoms with E-state index in [1.54, 1.807) is 12.1 Å². The van der Waals surface area contributed by atoms with Crippen molar-refractivity contribution in [1.29, 1.82) is 0 Å². The number of hydrogen-bond donors (Lipinski definition) is 0. The number of aryl methyl sites for hydroxylation is 1. The molecule has 0 saturated carbocycles. The van der Waals surface area contributed by atoms with Crippen LogP contribution in [0.5, 0.6) is 0 Å². The third-order valence-electron chi connectivity index (χ3n) is 3.67. The van der Waals surface area contributed by atoms with E-state index in [0.717, 1.165) is 12.8 Å². The molecule has 0 radical (unpaired) electrons. The number of unbranched alkanes of at least 4 members (excludes halogenated alkanes) is 1. The van der Waals surface area contributed by atoms with E-state index in [4.69, 9.17) is 0 Å². The zero-order valence-electron chi connectivity index (χ0n) is 11.6. The first-order chi connectivity index (χ1) is 8.44. The Morgan fingerprint density at radius 3 is 2.28 bits per heavy atom. The second-order valence-corrected chi connectivity index (χ2v) is 5.65. The van der Waals surface area contributed by atoms with Crippen molar-refractivity contribution < 1.29 is 4.92 Å². The fraction of sp³-hybridized carbons (Fsp3) is 0.600. The number of nitro benzene ring substituents is 1. The minimum atomic E-state index is -0.354. The van der Waals surface area contributed by atoms with Crippen molar-refractivity contribution >= 4 is 5.69 Å². The summed E-state index contributed by atoms with van der Waals surface area (Å²) in [6, 6.07) is 6.91. The number of rotatable bonds is 7. The van der Waals surface area contributed by atoms with Crippen LogP contribution in [0, 0.1) is 15.5 Å². The quantitative estimate of drug-likeness (QED) is 0.398. The van der Waals surface area contributed by atoms with Gasteiger partial charge in [-0.2, -0.15) is 0 Å². The van der Waals surface area contributed by atoms with Gasteiger partial charge in [-0.25, -0.2) is 0 Å². The van der Waals surface area contributed by atoms with Crippen molar-refractivity contribution in [3.8, 4) is 0 Å². The topological polar surface area (TPSA) is 43.1 Å². The third-order valence-corrected chi connectivity index (χ3v) is 3.67. The van der Waals surface area contributed by atoms with Crippen LogP contribution in [0.15, 0.2) is 24.3 Å². The van der Waals surface area contributed by atoms with E-state index in [0.29, 0.717) is 5.41 Å². The Kier molecular flexibility index (Phi) is 5.32. The molecule has 0 aliphatic heterocycles. The molecule has 0 aliphatic rings. The van der Waals surface area contributed by atoms with Crippen LogP contribution in [0.1, 0.15) is 52.0 Å². The van der Waals surface area contributed by atoms with Gasteiger partial charge in [0.25, 0.3) is 5.69 Å². The molecule has 0 N–H and O–H groups in total. The average Bonchev–Trinajstić information content (AvgIpc) is 2.35. The second-order valence-electron chi connectivity index (χ2n) is 5.65. The molecule has 3 nitrogen and oxygen atoms in total. The summed E-state index contributed by atoms with van der Waals surface area (Å²) >= 11 is 0. The summed E-state index contributed by atoms with van der Waals surface area (Å²) in [6.45, 7) is 6.84. The van der Waals surface area contributed by atoms with Crippen LogP contribution in [0.3, 0.4) is 0 Å². The molecule has 0 heterocycles. The Bertz CT molecular complexity index is 382. The van der Waals surface area contributed by atoms with E-state index >= 15 is 0 Å². The number of non-ortho nitro benzene ring substituents is 1. The van der Waals surface area contributed by atoms with Crippen LogP contribution in [0.25, 0.3) is 0 Å². The predicted molar refractivity (Wildman–Crippen MR) is 74.7 cm³/mol. The van der Waals surface area contributed by atoms with E-state index in [1.165, 1.54) is 24.8 Å². The maximum absolute atomic E-state index is 10.5. The molecule has 18 heavy (non-hydrogen) atoms. The molecule has 0 aliphatic carbocycles. The van der Waals surface area contributed by atoms with Crippen molar-refractivity contribution in [2.45, 2.75) is 52.9 Å². The lowest BCUT2D eigenvalue weighted by Crippen LogP contribution is -2.09. The molecule has 1 rings (SSSR count). The first-order valence-corrected chi connectivity index (χ1v) is 6.68. The summed E-state index contributed by atoms with van der Waals surface area (Å²) in [5.74, 6) is 0. The minimum absolute atomic E-state index is 0.172. The zero-order chi connectivity index (χ0) is 13.6. The fourth-order valence-electron chi connectivity index (χ4n) is 1.89. The van der Waals surface area contributed by atoms with Gasteiger partial charge in [-0.3, -0.25) is 10.1 Å². The number of nitrogens with zero attached hydrogens (tertiary/aromatic N) is 1. The molecule has 0 spiro atoms. The van der Waals surface area contributed by atoms with Gasteiger partial charge in [0.05, 0.1) is 4.92 Å². The van der Waals surface area contributed by atoms with Gasteiger partial charge in [-0.15, -0.1) is 0 Å². The van der Waals surface area contributed by atoms with Crippen molar-refractivity contribution in [1.82, 2.24) is 0 Å². The summed E-state index contributed by atoms with van der Waals surface area (Å²) in [5, 5.41) is 10.5. The molecule has 1 aromatic carbocycles. The molecule has 0 saturated heterocycles. The Morgan fingerprint density at radius 2 is 1.78 bits per heavy atom. The molecule has 0 amide bonds. The second kappa shape index (κ2) is 6.53. The molecular weight excluding hydrogens is 226 g/mol. The predicted octanol–water partition coefficient (Wildman–Crippen LogP) is 4.74. The Labute approximate surface area is 109 Å². The molecule has 3 heteroatoms. The third kappa shape index (κ3) is 4.86. The molecule has 1 aromatic rings. The van der Waals surface area contributed by atoms with Crippen molar-refractivity contribution in [3.63, 3.8) is 0 Å². The van der Waals surface area contributed by atoms with Gasteiger partial charge in [0.1, 0.15) is 0 Å². The fourth-order valence-corrected chi connectivity index (χ4v) is 1.89. The van der Waals surface area contributed by atoms with Gasteiger partial charge in [0, 0.05) is 12.1 Å². The van der Waals surface area contributed by atoms with E-state index in [9.17, 15) is 10.1 Å². The minimum Gasteiger partial charge on any atom is -0.258 e. The van der Waals surface area contributed by atoms with Crippen LogP contribution in [-0.4, -0.2) is 4.92 Å². The molecule has 0 fully saturated rings. The summed E-state index contributed by atoms with van der Waals surface area (Å²) in [5.41, 5.74) is 1.80. The van der Waals surface area contributed by atoms with Gasteiger partial charge < -0.3 is 0 Å². The maximum atomic E-state index is 10.5. The highest BCUT2D eigenvalue weighted by atomic mass is 16.6. The molecule has 0 aromatic heterocycles. The average molecular weight is 249 g/mol. The van der Waals surface area contributed by atoms with Crippen LogP contribution in [0.2, 0.25) is 0 Å². The normalized spacial score (nSPS) is 11.5. The lowest BCUT2D eigenvalue weighted by atomic mass is 9.84. The molecular formula is C15H23NO2. The highest BCUT2D eigenvalue weighted by Gasteiger charge is 2.13. The summed E-state index contributed by atoms with van der Waals surface area (Å²) in [4.78, 5) is 10.2. The Balaban J connectivity index is 2.34. The van der Waals surface area contributed by atoms with Gasteiger partial charge in [0.2, 0.25) is 0 Å². The van der Waals surface area contributed by atoms with Crippen LogP contribution < -0.4 is 0 Å². The smallest absolute Gasteiger partial charge is 0.258 e. The van der Waals surface area contributed by atoms with Crippen molar-refractivity contribution in [3.05, 3.63) is 39.9 Å². The van der Waals surface area contributed by atoms with Gasteiger partial charge in [0.15, 0.2) is 0 Å². The van der Waals surface area contributed by atoms with Gasteiger partial charge >= 0.3 is 0 Å². The molecule has 0 atom stereocenters. The summed E-state index contributed by atoms with van der Waals surface area (Å²) < 4.78 is 0. The van der Waals surface area contributed by atoms with Crippen LogP contribution >= 0.6 is 0 Å². The summed E-state index contributed by atoms with van der Waals surface area (Å²) in [7, 11) is 0. The maximum Gasteiger partial charge on any atom is 0.269 e. The molecule has 0 bridgehead atoms. The van der Waals surface area contributed by atoms with Crippen LogP contribution in [-0.2, 0) is 6.42 Å². The summed E-state index contributed by atoms with van der Waals surface area (Å²) in [6.07, 6.45) is 5.85. The standard InChI is InChI=1S/C15H23NO2/c1-4-15(2,3)12-6-5-7-13-8-10-14(11-9-13)16(17)18/h8-11H,4-7,12H2,1-3H3. The number of hydrogen-bond acceptors (Lipinski definition) is 2. The van der Waals surface area contributed by atoms with Crippen molar-refractivity contribution in [2.75, 3.05) is 0 Å². The molecule has 0 unspecified atom stereocenters. The lowest BCUT2D eigenvalue weighted by Gasteiger charge is -2.22. The first-order valence-electron chi connectivity index (χ1n) is 6.68. The Morgan fingerprint density at radius 1 is 1.17 bits per heavy atom. The van der Waals surface area contributed by atoms with Gasteiger partial charge in [-0.05, 0) is 30.2 Å². The Hall–Kier alpha value is -1.38. The zero-order valence-corrected chi connectivity index (χ0v) is 11.6. The SMILES string of the molecule is CCC(C)(C)CCCCc1ccc([N+](=O)[O-])cc1. The monoisotopic (exact) mass is 249 g/mol. The van der Waals surface area contributed by atoms with Gasteiger partial charge in [-0.1, -0.05) is 45.7 Å². The highest BCUT2D eigenvalue weighted by molar-refractivity contribution is 5.32.